The second-order valence-electron chi connectivity index (χ2n) is 6.38. The second kappa shape index (κ2) is 13.9. The van der Waals surface area contributed by atoms with Crippen molar-refractivity contribution in [3.8, 4) is 0 Å². The van der Waals surface area contributed by atoms with Gasteiger partial charge >= 0.3 is 51.4 Å². The van der Waals surface area contributed by atoms with Crippen LogP contribution in [-0.4, -0.2) is 55.3 Å². The largest absolute Gasteiger partial charge is 1.00 e. The van der Waals surface area contributed by atoms with Gasteiger partial charge in [0.15, 0.2) is 0 Å². The Bertz CT molecular complexity index is 303. The van der Waals surface area contributed by atoms with Gasteiger partial charge in [-0.15, -0.1) is 0 Å². The number of hydrogen-bond donors (Lipinski definition) is 1. The molecule has 0 aliphatic heterocycles. The van der Waals surface area contributed by atoms with Crippen molar-refractivity contribution in [2.45, 2.75) is 33.8 Å². The molecule has 0 spiro atoms. The first-order valence-corrected chi connectivity index (χ1v) is 6.17. The average Bonchev–Trinajstić information content (AvgIpc) is 2.13. The molecule has 0 saturated carbocycles. The van der Waals surface area contributed by atoms with Gasteiger partial charge in [0, 0.05) is 11.4 Å². The van der Waals surface area contributed by atoms with Gasteiger partial charge in [0.1, 0.15) is 12.6 Å². The van der Waals surface area contributed by atoms with Crippen molar-refractivity contribution in [2.24, 2.45) is 5.41 Å². The number of carboxylic acid groups (broad SMARTS) is 2. The number of likely N-dealkylation sites (N-methyl/N-ethyl adjacent to an activating group) is 1. The number of carboxylic acids is 2. The number of aliphatic carboxylic acids is 2. The van der Waals surface area contributed by atoms with Gasteiger partial charge in [-0.2, -0.15) is 0 Å². The summed E-state index contributed by atoms with van der Waals surface area (Å²) in [6, 6.07) is 0. The fraction of sp³-hybridized carbons (Fsp3) is 0.714. The molecule has 120 valence electrons. The SMILES string of the molecule is C=CC(=O)[O-].CC(C)(C)C(=O)[O-].CC(O)C[N+](C)(C)C.[K+]. The standard InChI is InChI=1S/C6H16NO.C5H10O2.C3H4O2.K/c1-6(8)5-7(2,3)4;1-5(2,3)4(6)7;1-2-3(4)5;/h6,8H,5H2,1-4H3;1-3H3,(H,6,7);2H,1H2,(H,4,5);/q+1;;;+1/p-2. The Labute approximate surface area is 170 Å². The van der Waals surface area contributed by atoms with Crippen LogP contribution in [0.5, 0.6) is 0 Å². The first-order valence-electron chi connectivity index (χ1n) is 6.17. The normalized spacial score (nSPS) is 11.4. The molecule has 1 unspecified atom stereocenters. The number of aliphatic hydroxyl groups is 1. The number of nitrogens with zero attached hydrogens (tertiary/aromatic N) is 1. The van der Waals surface area contributed by atoms with Crippen LogP contribution >= 0.6 is 0 Å². The van der Waals surface area contributed by atoms with Gasteiger partial charge in [-0.3, -0.25) is 0 Å². The molecule has 0 saturated heterocycles. The number of hydrogen-bond acceptors (Lipinski definition) is 5. The van der Waals surface area contributed by atoms with E-state index in [1.807, 2.05) is 6.92 Å². The summed E-state index contributed by atoms with van der Waals surface area (Å²) in [5.41, 5.74) is -0.694. The molecule has 0 aromatic heterocycles. The Hall–Kier alpha value is 0.236. The Kier molecular flexibility index (Phi) is 19.3. The minimum Gasteiger partial charge on any atom is -0.550 e. The number of carbonyl (C=O) groups excluding carboxylic acids is 2. The van der Waals surface area contributed by atoms with E-state index in [0.717, 1.165) is 17.1 Å². The van der Waals surface area contributed by atoms with Gasteiger partial charge in [0.25, 0.3) is 0 Å². The third-order valence-electron chi connectivity index (χ3n) is 1.59. The van der Waals surface area contributed by atoms with Crippen molar-refractivity contribution in [3.63, 3.8) is 0 Å². The molecule has 21 heavy (non-hydrogen) atoms. The molecular formula is C14H28KNO5. The third-order valence-corrected chi connectivity index (χ3v) is 1.59. The smallest absolute Gasteiger partial charge is 0.550 e. The first-order chi connectivity index (χ1) is 8.63. The summed E-state index contributed by atoms with van der Waals surface area (Å²) in [7, 11) is 6.19. The molecular weight excluding hydrogens is 301 g/mol. The third kappa shape index (κ3) is 38.4. The Morgan fingerprint density at radius 2 is 1.48 bits per heavy atom. The van der Waals surface area contributed by atoms with Crippen molar-refractivity contribution in [3.05, 3.63) is 12.7 Å². The number of rotatable bonds is 3. The van der Waals surface area contributed by atoms with Gasteiger partial charge in [-0.05, 0) is 13.0 Å². The molecule has 1 atom stereocenters. The van der Waals surface area contributed by atoms with Crippen molar-refractivity contribution in [2.75, 3.05) is 27.7 Å². The number of quaternary nitrogens is 1. The molecule has 0 aromatic carbocycles. The van der Waals surface area contributed by atoms with Crippen molar-refractivity contribution in [1.29, 1.82) is 0 Å². The Balaban J connectivity index is -0.000000103. The van der Waals surface area contributed by atoms with Crippen LogP contribution in [0.3, 0.4) is 0 Å². The van der Waals surface area contributed by atoms with Crippen molar-refractivity contribution in [1.82, 2.24) is 0 Å². The van der Waals surface area contributed by atoms with E-state index < -0.39 is 17.4 Å². The summed E-state index contributed by atoms with van der Waals surface area (Å²) in [4.78, 5) is 19.0. The van der Waals surface area contributed by atoms with Crippen LogP contribution in [0.4, 0.5) is 0 Å². The average molecular weight is 329 g/mol. The summed E-state index contributed by atoms with van der Waals surface area (Å²) in [5, 5.41) is 27.9. The molecule has 0 aromatic rings. The maximum Gasteiger partial charge on any atom is 1.00 e. The van der Waals surface area contributed by atoms with E-state index in [0.29, 0.717) is 0 Å². The summed E-state index contributed by atoms with van der Waals surface area (Å²) < 4.78 is 0.831. The summed E-state index contributed by atoms with van der Waals surface area (Å²) in [6.45, 7) is 10.3. The zero-order valence-electron chi connectivity index (χ0n) is 14.6. The van der Waals surface area contributed by atoms with Gasteiger partial charge < -0.3 is 29.4 Å². The van der Waals surface area contributed by atoms with E-state index in [9.17, 15) is 9.90 Å². The first kappa shape index (κ1) is 29.3. The molecule has 0 heterocycles. The van der Waals surface area contributed by atoms with Gasteiger partial charge in [0.05, 0.1) is 27.1 Å². The Morgan fingerprint density at radius 3 is 1.48 bits per heavy atom. The van der Waals surface area contributed by atoms with Crippen molar-refractivity contribution >= 4 is 11.9 Å². The molecule has 0 aliphatic rings. The van der Waals surface area contributed by atoms with E-state index in [-0.39, 0.29) is 57.5 Å². The zero-order valence-corrected chi connectivity index (χ0v) is 17.7. The van der Waals surface area contributed by atoms with Crippen molar-refractivity contribution < 1.29 is 80.8 Å². The minimum absolute atomic E-state index is 0. The molecule has 6 nitrogen and oxygen atoms in total. The summed E-state index contributed by atoms with van der Waals surface area (Å²) in [6.07, 6.45) is 0.537. The molecule has 1 N–H and O–H groups in total. The molecule has 0 radical (unpaired) electrons. The minimum atomic E-state index is -1.23. The number of aliphatic hydroxyl groups excluding tert-OH is 1. The van der Waals surface area contributed by atoms with Crippen LogP contribution < -0.4 is 61.6 Å². The fourth-order valence-electron chi connectivity index (χ4n) is 0.793. The van der Waals surface area contributed by atoms with E-state index in [4.69, 9.17) is 15.0 Å². The van der Waals surface area contributed by atoms with Gasteiger partial charge in [-0.25, -0.2) is 0 Å². The van der Waals surface area contributed by atoms with E-state index in [1.54, 1.807) is 20.8 Å². The van der Waals surface area contributed by atoms with Crippen LogP contribution in [0, 0.1) is 5.41 Å². The monoisotopic (exact) mass is 329 g/mol. The maximum absolute atomic E-state index is 9.91. The van der Waals surface area contributed by atoms with Crippen LogP contribution in [-0.2, 0) is 9.59 Å². The Morgan fingerprint density at radius 1 is 1.24 bits per heavy atom. The van der Waals surface area contributed by atoms with E-state index in [1.165, 1.54) is 0 Å². The van der Waals surface area contributed by atoms with E-state index >= 15 is 0 Å². The van der Waals surface area contributed by atoms with E-state index in [2.05, 4.69) is 27.7 Å². The molecule has 0 fully saturated rings. The quantitative estimate of drug-likeness (QED) is 0.321. The topological polar surface area (TPSA) is 100 Å². The molecule has 0 rings (SSSR count). The molecule has 7 heteroatoms. The predicted molar refractivity (Wildman–Crippen MR) is 74.2 cm³/mol. The summed E-state index contributed by atoms with van der Waals surface area (Å²) in [5.74, 6) is -2.24. The number of carbonyl (C=O) groups is 2. The van der Waals surface area contributed by atoms with Crippen LogP contribution in [0.15, 0.2) is 12.7 Å². The molecule has 0 aliphatic carbocycles. The zero-order chi connectivity index (χ0) is 17.1. The molecule has 0 bridgehead atoms. The summed E-state index contributed by atoms with van der Waals surface area (Å²) >= 11 is 0. The predicted octanol–water partition coefficient (Wildman–Crippen LogP) is -4.22. The van der Waals surface area contributed by atoms with Crippen LogP contribution in [0.1, 0.15) is 27.7 Å². The van der Waals surface area contributed by atoms with Crippen LogP contribution in [0.25, 0.3) is 0 Å². The van der Waals surface area contributed by atoms with Gasteiger partial charge in [-0.1, -0.05) is 27.4 Å². The second-order valence-corrected chi connectivity index (χ2v) is 6.38. The van der Waals surface area contributed by atoms with Gasteiger partial charge in [0.2, 0.25) is 0 Å². The van der Waals surface area contributed by atoms with Crippen LogP contribution in [0.2, 0.25) is 0 Å². The molecule has 0 amide bonds. The maximum atomic E-state index is 9.91. The fourth-order valence-corrected chi connectivity index (χ4v) is 0.793.